The minimum absolute atomic E-state index is 0.00409. The standard InChI is InChI=1S/C18H23N3O6S/c1-11(2)8-14(18(22)19-17-9-12(3)27-20-17)21-28(23,24)13-4-5-15-16(10-13)26-7-6-25-15/h4-5,9-11,14,21H,6-8H2,1-3H3,(H,19,20,22)/t14-/m0/s1. The molecule has 152 valence electrons. The van der Waals surface area contributed by atoms with Crippen molar-refractivity contribution >= 4 is 21.7 Å². The molecule has 10 heteroatoms. The molecule has 0 bridgehead atoms. The van der Waals surface area contributed by atoms with Crippen LogP contribution in [0.15, 0.2) is 33.7 Å². The summed E-state index contributed by atoms with van der Waals surface area (Å²) in [7, 11) is -3.96. The van der Waals surface area contributed by atoms with Crippen LogP contribution in [0, 0.1) is 12.8 Å². The average Bonchev–Trinajstić information content (AvgIpc) is 3.05. The Morgan fingerprint density at radius 3 is 2.54 bits per heavy atom. The Morgan fingerprint density at radius 2 is 1.89 bits per heavy atom. The third-order valence-electron chi connectivity index (χ3n) is 4.02. The fourth-order valence-corrected chi connectivity index (χ4v) is 3.99. The van der Waals surface area contributed by atoms with E-state index in [1.807, 2.05) is 13.8 Å². The zero-order chi connectivity index (χ0) is 20.3. The molecule has 28 heavy (non-hydrogen) atoms. The summed E-state index contributed by atoms with van der Waals surface area (Å²) < 4.78 is 44.0. The molecule has 1 aromatic carbocycles. The third-order valence-corrected chi connectivity index (χ3v) is 5.49. The lowest BCUT2D eigenvalue weighted by molar-refractivity contribution is -0.118. The van der Waals surface area contributed by atoms with Gasteiger partial charge in [-0.05, 0) is 31.4 Å². The maximum atomic E-state index is 12.8. The van der Waals surface area contributed by atoms with E-state index in [2.05, 4.69) is 15.2 Å². The zero-order valence-corrected chi connectivity index (χ0v) is 16.7. The van der Waals surface area contributed by atoms with Crippen molar-refractivity contribution < 1.29 is 27.2 Å². The topological polar surface area (TPSA) is 120 Å². The van der Waals surface area contributed by atoms with Crippen LogP contribution in [0.25, 0.3) is 0 Å². The van der Waals surface area contributed by atoms with Gasteiger partial charge in [-0.15, -0.1) is 0 Å². The second kappa shape index (κ2) is 8.19. The third kappa shape index (κ3) is 4.82. The lowest BCUT2D eigenvalue weighted by atomic mass is 10.0. The molecule has 1 aliphatic rings. The van der Waals surface area contributed by atoms with Crippen LogP contribution in [-0.2, 0) is 14.8 Å². The fourth-order valence-electron chi connectivity index (χ4n) is 2.76. The molecule has 9 nitrogen and oxygen atoms in total. The molecule has 0 unspecified atom stereocenters. The van der Waals surface area contributed by atoms with E-state index in [1.54, 1.807) is 19.1 Å². The van der Waals surface area contributed by atoms with Crippen LogP contribution in [0.4, 0.5) is 5.82 Å². The van der Waals surface area contributed by atoms with Gasteiger partial charge in [0.2, 0.25) is 15.9 Å². The number of hydrogen-bond donors (Lipinski definition) is 2. The number of rotatable bonds is 7. The maximum absolute atomic E-state index is 12.8. The van der Waals surface area contributed by atoms with Gasteiger partial charge < -0.3 is 19.3 Å². The second-order valence-corrected chi connectivity index (χ2v) is 8.63. The highest BCUT2D eigenvalue weighted by Gasteiger charge is 2.28. The predicted octanol–water partition coefficient (Wildman–Crippen LogP) is 2.09. The smallest absolute Gasteiger partial charge is 0.243 e. The van der Waals surface area contributed by atoms with Gasteiger partial charge in [-0.25, -0.2) is 8.42 Å². The summed E-state index contributed by atoms with van der Waals surface area (Å²) in [6.45, 7) is 6.26. The van der Waals surface area contributed by atoms with Crippen LogP contribution in [0.2, 0.25) is 0 Å². The summed E-state index contributed by atoms with van der Waals surface area (Å²) in [5.74, 6) is 1.18. The number of nitrogens with one attached hydrogen (secondary N) is 2. The zero-order valence-electron chi connectivity index (χ0n) is 15.9. The molecule has 0 saturated carbocycles. The molecular formula is C18H23N3O6S. The van der Waals surface area contributed by atoms with Crippen molar-refractivity contribution in [1.29, 1.82) is 0 Å². The summed E-state index contributed by atoms with van der Waals surface area (Å²) >= 11 is 0. The van der Waals surface area contributed by atoms with Crippen molar-refractivity contribution in [2.24, 2.45) is 5.92 Å². The van der Waals surface area contributed by atoms with E-state index >= 15 is 0 Å². The summed E-state index contributed by atoms with van der Waals surface area (Å²) in [4.78, 5) is 12.6. The van der Waals surface area contributed by atoms with Gasteiger partial charge in [0.1, 0.15) is 25.0 Å². The predicted molar refractivity (Wildman–Crippen MR) is 101 cm³/mol. The van der Waals surface area contributed by atoms with Crippen LogP contribution >= 0.6 is 0 Å². The Kier molecular flexibility index (Phi) is 5.90. The highest BCUT2D eigenvalue weighted by Crippen LogP contribution is 2.32. The molecule has 0 aliphatic carbocycles. The van der Waals surface area contributed by atoms with E-state index in [4.69, 9.17) is 14.0 Å². The highest BCUT2D eigenvalue weighted by atomic mass is 32.2. The largest absolute Gasteiger partial charge is 0.486 e. The molecule has 1 amide bonds. The van der Waals surface area contributed by atoms with Gasteiger partial charge in [-0.1, -0.05) is 19.0 Å². The van der Waals surface area contributed by atoms with Crippen LogP contribution < -0.4 is 19.5 Å². The Morgan fingerprint density at radius 1 is 1.18 bits per heavy atom. The number of anilines is 1. The van der Waals surface area contributed by atoms with Gasteiger partial charge in [0, 0.05) is 12.1 Å². The number of hydrogen-bond acceptors (Lipinski definition) is 7. The Labute approximate surface area is 163 Å². The molecule has 0 saturated heterocycles. The summed E-state index contributed by atoms with van der Waals surface area (Å²) in [5, 5.41) is 6.28. The van der Waals surface area contributed by atoms with Gasteiger partial charge >= 0.3 is 0 Å². The molecule has 2 aromatic rings. The van der Waals surface area contributed by atoms with Crippen LogP contribution in [0.1, 0.15) is 26.0 Å². The normalized spacial score (nSPS) is 14.7. The first-order valence-corrected chi connectivity index (χ1v) is 10.4. The van der Waals surface area contributed by atoms with Gasteiger partial charge in [0.15, 0.2) is 17.3 Å². The van der Waals surface area contributed by atoms with E-state index in [1.165, 1.54) is 12.1 Å². The molecule has 0 radical (unpaired) electrons. The maximum Gasteiger partial charge on any atom is 0.243 e. The number of carbonyl (C=O) groups excluding carboxylic acids is 1. The number of ether oxygens (including phenoxy) is 2. The molecule has 2 N–H and O–H groups in total. The summed E-state index contributed by atoms with van der Waals surface area (Å²) in [6, 6.07) is 4.93. The highest BCUT2D eigenvalue weighted by molar-refractivity contribution is 7.89. The lowest BCUT2D eigenvalue weighted by Crippen LogP contribution is -2.44. The molecule has 2 heterocycles. The van der Waals surface area contributed by atoms with Crippen LogP contribution in [0.3, 0.4) is 0 Å². The number of fused-ring (bicyclic) bond motifs is 1. The first-order chi connectivity index (χ1) is 13.2. The van der Waals surface area contributed by atoms with Crippen molar-refractivity contribution in [1.82, 2.24) is 9.88 Å². The first kappa shape index (κ1) is 20.2. The Balaban J connectivity index is 1.79. The molecular weight excluding hydrogens is 386 g/mol. The number of amides is 1. The Hall–Kier alpha value is -2.59. The molecule has 1 aliphatic heterocycles. The van der Waals surface area contributed by atoms with E-state index in [-0.39, 0.29) is 16.6 Å². The summed E-state index contributed by atoms with van der Waals surface area (Å²) in [5.41, 5.74) is 0. The Bertz CT molecular complexity index is 954. The molecule has 0 fully saturated rings. The fraction of sp³-hybridized carbons (Fsp3) is 0.444. The second-order valence-electron chi connectivity index (χ2n) is 6.92. The number of sulfonamides is 1. The first-order valence-electron chi connectivity index (χ1n) is 8.91. The SMILES string of the molecule is Cc1cc(NC(=O)[C@H](CC(C)C)NS(=O)(=O)c2ccc3c(c2)OCCO3)no1. The number of aromatic nitrogens is 1. The van der Waals surface area contributed by atoms with Gasteiger partial charge in [0.05, 0.1) is 4.90 Å². The van der Waals surface area contributed by atoms with Crippen LogP contribution in [-0.4, -0.2) is 38.7 Å². The molecule has 1 atom stereocenters. The lowest BCUT2D eigenvalue weighted by Gasteiger charge is -2.21. The minimum Gasteiger partial charge on any atom is -0.486 e. The van der Waals surface area contributed by atoms with E-state index < -0.39 is 22.0 Å². The minimum atomic E-state index is -3.96. The van der Waals surface area contributed by atoms with Gasteiger partial charge in [-0.2, -0.15) is 4.72 Å². The van der Waals surface area contributed by atoms with Gasteiger partial charge in [0.25, 0.3) is 0 Å². The molecule has 1 aromatic heterocycles. The molecule has 3 rings (SSSR count). The van der Waals surface area contributed by atoms with Crippen molar-refractivity contribution in [2.75, 3.05) is 18.5 Å². The average molecular weight is 409 g/mol. The van der Waals surface area contributed by atoms with Crippen molar-refractivity contribution in [3.05, 3.63) is 30.0 Å². The van der Waals surface area contributed by atoms with E-state index in [0.717, 1.165) is 0 Å². The van der Waals surface area contributed by atoms with Gasteiger partial charge in [-0.3, -0.25) is 4.79 Å². The number of benzene rings is 1. The number of nitrogens with zero attached hydrogens (tertiary/aromatic N) is 1. The number of carbonyl (C=O) groups is 1. The quantitative estimate of drug-likeness (QED) is 0.718. The van der Waals surface area contributed by atoms with E-state index in [9.17, 15) is 13.2 Å². The van der Waals surface area contributed by atoms with Crippen molar-refractivity contribution in [3.8, 4) is 11.5 Å². The monoisotopic (exact) mass is 409 g/mol. The molecule has 0 spiro atoms. The van der Waals surface area contributed by atoms with Crippen molar-refractivity contribution in [3.63, 3.8) is 0 Å². The van der Waals surface area contributed by atoms with Crippen molar-refractivity contribution in [2.45, 2.75) is 38.1 Å². The van der Waals surface area contributed by atoms with E-state index in [0.29, 0.717) is 36.9 Å². The summed E-state index contributed by atoms with van der Waals surface area (Å²) in [6.07, 6.45) is 0.312. The number of aryl methyl sites for hydroxylation is 1. The van der Waals surface area contributed by atoms with Crippen LogP contribution in [0.5, 0.6) is 11.5 Å².